The Kier molecular flexibility index (Phi) is 5.61. The van der Waals surface area contributed by atoms with Gasteiger partial charge in [-0.3, -0.25) is 4.90 Å². The van der Waals surface area contributed by atoms with Gasteiger partial charge in [0.15, 0.2) is 0 Å². The largest absolute Gasteiger partial charge is 0.465 e. The molecule has 3 fully saturated rings. The van der Waals surface area contributed by atoms with Crippen molar-refractivity contribution in [2.24, 2.45) is 0 Å². The quantitative estimate of drug-likeness (QED) is 0.735. The molecule has 2 saturated carbocycles. The summed E-state index contributed by atoms with van der Waals surface area (Å²) in [6.07, 6.45) is 6.33. The normalized spacial score (nSPS) is 31.1. The van der Waals surface area contributed by atoms with Gasteiger partial charge in [0.25, 0.3) is 0 Å². The van der Waals surface area contributed by atoms with Crippen molar-refractivity contribution in [1.82, 2.24) is 9.62 Å². The molecule has 1 heterocycles. The topological polar surface area (TPSA) is 95.9 Å². The summed E-state index contributed by atoms with van der Waals surface area (Å²) in [4.78, 5) is 13.4. The standard InChI is InChI=1S/C21H30N2O5S/c1-29(26,27)22-18-13-21(11-12-21)23(20(24)25)19(18)14-28-17-9-7-16(8-10-17)15-5-3-2-4-6-15/h2-6,16-19,22H,7-14H2,1H3,(H,24,25)/t16?,17?,18-,19-/m1/s1. The molecule has 4 rings (SSSR count). The lowest BCUT2D eigenvalue weighted by molar-refractivity contribution is -0.00900. The van der Waals surface area contributed by atoms with Gasteiger partial charge in [-0.15, -0.1) is 0 Å². The third-order valence-electron chi connectivity index (χ3n) is 6.75. The zero-order chi connectivity index (χ0) is 20.6. The van der Waals surface area contributed by atoms with E-state index in [-0.39, 0.29) is 12.7 Å². The van der Waals surface area contributed by atoms with Crippen LogP contribution in [0.15, 0.2) is 30.3 Å². The predicted octanol–water partition coefficient (Wildman–Crippen LogP) is 2.93. The molecule has 2 atom stereocenters. The van der Waals surface area contributed by atoms with Crippen molar-refractivity contribution in [2.75, 3.05) is 12.9 Å². The molecule has 29 heavy (non-hydrogen) atoms. The molecule has 3 aliphatic rings. The lowest BCUT2D eigenvalue weighted by Gasteiger charge is -2.33. The van der Waals surface area contributed by atoms with Crippen LogP contribution in [0.4, 0.5) is 4.79 Å². The number of benzene rings is 1. The fourth-order valence-corrected chi connectivity index (χ4v) is 6.01. The summed E-state index contributed by atoms with van der Waals surface area (Å²) in [5, 5.41) is 9.77. The molecule has 7 nitrogen and oxygen atoms in total. The van der Waals surface area contributed by atoms with Crippen LogP contribution in [-0.4, -0.2) is 61.1 Å². The van der Waals surface area contributed by atoms with Crippen molar-refractivity contribution in [3.8, 4) is 0 Å². The van der Waals surface area contributed by atoms with E-state index in [4.69, 9.17) is 4.74 Å². The summed E-state index contributed by atoms with van der Waals surface area (Å²) in [7, 11) is -3.42. The van der Waals surface area contributed by atoms with Crippen molar-refractivity contribution < 1.29 is 23.1 Å². The first-order chi connectivity index (χ1) is 13.8. The lowest BCUT2D eigenvalue weighted by atomic mass is 9.83. The molecule has 1 aliphatic heterocycles. The van der Waals surface area contributed by atoms with Gasteiger partial charge in [-0.2, -0.15) is 0 Å². The van der Waals surface area contributed by atoms with E-state index in [0.717, 1.165) is 44.8 Å². The lowest BCUT2D eigenvalue weighted by Crippen LogP contribution is -2.50. The highest BCUT2D eigenvalue weighted by Crippen LogP contribution is 2.52. The fraction of sp³-hybridized carbons (Fsp3) is 0.667. The van der Waals surface area contributed by atoms with Gasteiger partial charge < -0.3 is 9.84 Å². The van der Waals surface area contributed by atoms with Gasteiger partial charge in [0, 0.05) is 11.6 Å². The molecule has 160 valence electrons. The predicted molar refractivity (Wildman–Crippen MR) is 109 cm³/mol. The van der Waals surface area contributed by atoms with Gasteiger partial charge in [0.05, 0.1) is 25.0 Å². The van der Waals surface area contributed by atoms with Crippen LogP contribution in [0, 0.1) is 0 Å². The molecule has 1 spiro atoms. The van der Waals surface area contributed by atoms with Crippen LogP contribution in [0.5, 0.6) is 0 Å². The molecular formula is C21H30N2O5S. The van der Waals surface area contributed by atoms with Crippen molar-refractivity contribution in [2.45, 2.75) is 74.6 Å². The maximum atomic E-state index is 11.9. The molecule has 0 radical (unpaired) electrons. The summed E-state index contributed by atoms with van der Waals surface area (Å²) >= 11 is 0. The van der Waals surface area contributed by atoms with E-state index < -0.39 is 33.7 Å². The van der Waals surface area contributed by atoms with Crippen LogP contribution < -0.4 is 4.72 Å². The van der Waals surface area contributed by atoms with E-state index in [0.29, 0.717) is 12.3 Å². The van der Waals surface area contributed by atoms with Gasteiger partial charge >= 0.3 is 6.09 Å². The maximum absolute atomic E-state index is 11.9. The van der Waals surface area contributed by atoms with Crippen LogP contribution in [0.2, 0.25) is 0 Å². The maximum Gasteiger partial charge on any atom is 0.408 e. The van der Waals surface area contributed by atoms with Gasteiger partial charge in [-0.25, -0.2) is 17.9 Å². The Balaban J connectivity index is 1.37. The van der Waals surface area contributed by atoms with Crippen LogP contribution in [0.3, 0.4) is 0 Å². The van der Waals surface area contributed by atoms with Crippen molar-refractivity contribution in [1.29, 1.82) is 0 Å². The third-order valence-corrected chi connectivity index (χ3v) is 7.48. The first-order valence-corrected chi connectivity index (χ1v) is 12.3. The Bertz CT molecular complexity index is 832. The molecule has 1 amide bonds. The highest BCUT2D eigenvalue weighted by Gasteiger charge is 2.61. The van der Waals surface area contributed by atoms with E-state index in [1.165, 1.54) is 10.5 Å². The Labute approximate surface area is 172 Å². The van der Waals surface area contributed by atoms with Crippen molar-refractivity contribution in [3.05, 3.63) is 35.9 Å². The summed E-state index contributed by atoms with van der Waals surface area (Å²) in [5.74, 6) is 0.549. The number of carbonyl (C=O) groups is 1. The van der Waals surface area contributed by atoms with Gasteiger partial charge in [0.1, 0.15) is 0 Å². The number of nitrogens with one attached hydrogen (secondary N) is 1. The Hall–Kier alpha value is -1.64. The second-order valence-electron chi connectivity index (χ2n) is 8.86. The van der Waals surface area contributed by atoms with Crippen molar-refractivity contribution in [3.63, 3.8) is 0 Å². The monoisotopic (exact) mass is 422 g/mol. The fourth-order valence-electron chi connectivity index (χ4n) is 5.22. The zero-order valence-corrected chi connectivity index (χ0v) is 17.6. The smallest absolute Gasteiger partial charge is 0.408 e. The first-order valence-electron chi connectivity index (χ1n) is 10.4. The highest BCUT2D eigenvalue weighted by molar-refractivity contribution is 7.88. The highest BCUT2D eigenvalue weighted by atomic mass is 32.2. The average Bonchev–Trinajstić information content (AvgIpc) is 3.36. The van der Waals surface area contributed by atoms with Gasteiger partial charge in [-0.05, 0) is 56.4 Å². The Morgan fingerprint density at radius 1 is 1.21 bits per heavy atom. The SMILES string of the molecule is CS(=O)(=O)N[C@@H]1CC2(CC2)N(C(=O)O)[C@@H]1COC1CCC(c2ccccc2)CC1. The number of hydrogen-bond acceptors (Lipinski definition) is 4. The first kappa shape index (κ1) is 20.6. The molecule has 1 aromatic rings. The number of ether oxygens (including phenoxy) is 1. The second kappa shape index (κ2) is 7.89. The third kappa shape index (κ3) is 4.59. The molecule has 0 unspecified atom stereocenters. The number of rotatable bonds is 6. The van der Waals surface area contributed by atoms with Crippen LogP contribution in [0.1, 0.15) is 56.4 Å². The number of sulfonamides is 1. The van der Waals surface area contributed by atoms with E-state index in [9.17, 15) is 18.3 Å². The average molecular weight is 423 g/mol. The molecule has 1 saturated heterocycles. The Morgan fingerprint density at radius 2 is 1.86 bits per heavy atom. The number of amides is 1. The molecule has 1 aromatic carbocycles. The van der Waals surface area contributed by atoms with Crippen LogP contribution in [0.25, 0.3) is 0 Å². The van der Waals surface area contributed by atoms with E-state index in [1.54, 1.807) is 0 Å². The number of hydrogen-bond donors (Lipinski definition) is 2. The molecule has 0 aromatic heterocycles. The molecular weight excluding hydrogens is 392 g/mol. The van der Waals surface area contributed by atoms with E-state index >= 15 is 0 Å². The number of carboxylic acid groups (broad SMARTS) is 1. The number of nitrogens with zero attached hydrogens (tertiary/aromatic N) is 1. The summed E-state index contributed by atoms with van der Waals surface area (Å²) in [6.45, 7) is 0.238. The minimum Gasteiger partial charge on any atom is -0.465 e. The van der Waals surface area contributed by atoms with Crippen LogP contribution in [-0.2, 0) is 14.8 Å². The van der Waals surface area contributed by atoms with Gasteiger partial charge in [-0.1, -0.05) is 30.3 Å². The zero-order valence-electron chi connectivity index (χ0n) is 16.8. The Morgan fingerprint density at radius 3 is 2.41 bits per heavy atom. The van der Waals surface area contributed by atoms with Crippen molar-refractivity contribution >= 4 is 16.1 Å². The van der Waals surface area contributed by atoms with E-state index in [1.807, 2.05) is 6.07 Å². The van der Waals surface area contributed by atoms with Gasteiger partial charge in [0.2, 0.25) is 10.0 Å². The number of likely N-dealkylation sites (tertiary alicyclic amines) is 1. The minimum absolute atomic E-state index is 0.0974. The minimum atomic E-state index is -3.42. The summed E-state index contributed by atoms with van der Waals surface area (Å²) < 4.78 is 32.4. The second-order valence-corrected chi connectivity index (χ2v) is 10.6. The van der Waals surface area contributed by atoms with E-state index in [2.05, 4.69) is 29.0 Å². The summed E-state index contributed by atoms with van der Waals surface area (Å²) in [6, 6.07) is 9.61. The molecule has 2 N–H and O–H groups in total. The van der Waals surface area contributed by atoms with Crippen LogP contribution >= 0.6 is 0 Å². The molecule has 0 bridgehead atoms. The molecule has 2 aliphatic carbocycles. The summed E-state index contributed by atoms with van der Waals surface area (Å²) in [5.41, 5.74) is 0.958. The molecule has 8 heteroatoms.